The lowest BCUT2D eigenvalue weighted by molar-refractivity contribution is 0.101. The van der Waals surface area contributed by atoms with E-state index in [4.69, 9.17) is 0 Å². The molecule has 0 aliphatic rings. The Kier molecular flexibility index (Phi) is 4.35. The summed E-state index contributed by atoms with van der Waals surface area (Å²) in [7, 11) is 0. The number of hydrogen-bond donors (Lipinski definition) is 1. The number of carbonyl (C=O) groups excluding carboxylic acids is 1. The fraction of sp³-hybridized carbons (Fsp3) is 0.462. The van der Waals surface area contributed by atoms with Crippen molar-refractivity contribution in [1.82, 2.24) is 0 Å². The van der Waals surface area contributed by atoms with Gasteiger partial charge in [-0.05, 0) is 31.9 Å². The van der Waals surface area contributed by atoms with Crippen LogP contribution in [-0.4, -0.2) is 11.8 Å². The summed E-state index contributed by atoms with van der Waals surface area (Å²) < 4.78 is 0. The summed E-state index contributed by atoms with van der Waals surface area (Å²) in [6.45, 7) is 5.92. The van der Waals surface area contributed by atoms with Gasteiger partial charge in [-0.1, -0.05) is 26.0 Å². The van der Waals surface area contributed by atoms with Crippen molar-refractivity contribution in [3.63, 3.8) is 0 Å². The lowest BCUT2D eigenvalue weighted by atomic mass is 10.1. The molecule has 2 heteroatoms. The highest BCUT2D eigenvalue weighted by molar-refractivity contribution is 5.94. The van der Waals surface area contributed by atoms with Crippen LogP contribution in [0, 0.1) is 0 Å². The van der Waals surface area contributed by atoms with E-state index in [0.717, 1.165) is 24.1 Å². The van der Waals surface area contributed by atoms with Gasteiger partial charge in [0.15, 0.2) is 5.78 Å². The van der Waals surface area contributed by atoms with E-state index in [1.54, 1.807) is 6.92 Å². The van der Waals surface area contributed by atoms with E-state index >= 15 is 0 Å². The normalized spacial score (nSPS) is 10.4. The van der Waals surface area contributed by atoms with E-state index in [1.165, 1.54) is 0 Å². The monoisotopic (exact) mass is 205 g/mol. The first-order valence-electron chi connectivity index (χ1n) is 5.54. The Balaban J connectivity index is 2.77. The van der Waals surface area contributed by atoms with Gasteiger partial charge in [-0.15, -0.1) is 0 Å². The molecule has 1 N–H and O–H groups in total. The number of anilines is 1. The van der Waals surface area contributed by atoms with E-state index in [9.17, 15) is 4.79 Å². The Morgan fingerprint density at radius 3 is 2.53 bits per heavy atom. The molecule has 0 aliphatic carbocycles. The summed E-state index contributed by atoms with van der Waals surface area (Å²) in [5, 5.41) is 3.42. The predicted molar refractivity (Wildman–Crippen MR) is 64.4 cm³/mol. The smallest absolute Gasteiger partial charge is 0.159 e. The van der Waals surface area contributed by atoms with E-state index in [1.807, 2.05) is 24.3 Å². The third-order valence-corrected chi connectivity index (χ3v) is 2.63. The SMILES string of the molecule is CCC(CC)Nc1cccc(C(C)=O)c1. The van der Waals surface area contributed by atoms with Crippen LogP contribution >= 0.6 is 0 Å². The molecule has 1 aromatic carbocycles. The molecule has 0 heterocycles. The molecular weight excluding hydrogens is 186 g/mol. The molecule has 0 saturated heterocycles. The van der Waals surface area contributed by atoms with Crippen molar-refractivity contribution >= 4 is 11.5 Å². The first-order chi connectivity index (χ1) is 7.17. The Hall–Kier alpha value is -1.31. The first-order valence-corrected chi connectivity index (χ1v) is 5.54. The van der Waals surface area contributed by atoms with Gasteiger partial charge in [0.2, 0.25) is 0 Å². The van der Waals surface area contributed by atoms with Crippen LogP contribution in [-0.2, 0) is 0 Å². The highest BCUT2D eigenvalue weighted by Gasteiger charge is 2.04. The maximum Gasteiger partial charge on any atom is 0.159 e. The Morgan fingerprint density at radius 2 is 2.00 bits per heavy atom. The summed E-state index contributed by atoms with van der Waals surface area (Å²) in [4.78, 5) is 11.2. The zero-order valence-electron chi connectivity index (χ0n) is 9.71. The molecule has 0 saturated carbocycles. The number of rotatable bonds is 5. The summed E-state index contributed by atoms with van der Waals surface area (Å²) in [6, 6.07) is 8.18. The fourth-order valence-corrected chi connectivity index (χ4v) is 1.56. The molecule has 2 nitrogen and oxygen atoms in total. The zero-order chi connectivity index (χ0) is 11.3. The van der Waals surface area contributed by atoms with Gasteiger partial charge in [-0.2, -0.15) is 0 Å². The van der Waals surface area contributed by atoms with Crippen molar-refractivity contribution < 1.29 is 4.79 Å². The van der Waals surface area contributed by atoms with Gasteiger partial charge in [0, 0.05) is 17.3 Å². The second-order valence-electron chi connectivity index (χ2n) is 3.79. The van der Waals surface area contributed by atoms with Crippen LogP contribution in [0.3, 0.4) is 0 Å². The summed E-state index contributed by atoms with van der Waals surface area (Å²) in [5.74, 6) is 0.114. The van der Waals surface area contributed by atoms with E-state index in [0.29, 0.717) is 6.04 Å². The quantitative estimate of drug-likeness (QED) is 0.745. The van der Waals surface area contributed by atoms with Crippen LogP contribution in [0.5, 0.6) is 0 Å². The van der Waals surface area contributed by atoms with Gasteiger partial charge in [-0.25, -0.2) is 0 Å². The number of ketones is 1. The number of Topliss-reactive ketones (excluding diaryl/α,β-unsaturated/α-hetero) is 1. The van der Waals surface area contributed by atoms with Crippen LogP contribution in [0.1, 0.15) is 44.0 Å². The van der Waals surface area contributed by atoms with Gasteiger partial charge in [0.25, 0.3) is 0 Å². The maximum absolute atomic E-state index is 11.2. The van der Waals surface area contributed by atoms with E-state index in [2.05, 4.69) is 19.2 Å². The number of carbonyl (C=O) groups is 1. The molecule has 0 aromatic heterocycles. The molecule has 0 aliphatic heterocycles. The predicted octanol–water partition coefficient (Wildman–Crippen LogP) is 3.49. The lowest BCUT2D eigenvalue weighted by Crippen LogP contribution is -2.17. The Bertz CT molecular complexity index is 329. The molecule has 0 spiro atoms. The highest BCUT2D eigenvalue weighted by Crippen LogP contribution is 2.14. The Morgan fingerprint density at radius 1 is 1.33 bits per heavy atom. The van der Waals surface area contributed by atoms with Gasteiger partial charge < -0.3 is 5.32 Å². The standard InChI is InChI=1S/C13H19NO/c1-4-12(5-2)14-13-8-6-7-11(9-13)10(3)15/h6-9,12,14H,4-5H2,1-3H3. The van der Waals surface area contributed by atoms with Gasteiger partial charge >= 0.3 is 0 Å². The number of nitrogens with one attached hydrogen (secondary N) is 1. The van der Waals surface area contributed by atoms with Crippen molar-refractivity contribution in [3.05, 3.63) is 29.8 Å². The second kappa shape index (κ2) is 5.54. The molecule has 0 amide bonds. The van der Waals surface area contributed by atoms with E-state index in [-0.39, 0.29) is 5.78 Å². The van der Waals surface area contributed by atoms with Crippen molar-refractivity contribution in [2.75, 3.05) is 5.32 Å². The molecule has 0 unspecified atom stereocenters. The summed E-state index contributed by atoms with van der Waals surface area (Å²) in [5.41, 5.74) is 1.81. The minimum atomic E-state index is 0.114. The van der Waals surface area contributed by atoms with Gasteiger partial charge in [0.1, 0.15) is 0 Å². The van der Waals surface area contributed by atoms with Gasteiger partial charge in [0.05, 0.1) is 0 Å². The van der Waals surface area contributed by atoms with Crippen molar-refractivity contribution in [2.45, 2.75) is 39.7 Å². The molecule has 0 radical (unpaired) electrons. The minimum Gasteiger partial charge on any atom is -0.382 e. The van der Waals surface area contributed by atoms with Crippen LogP contribution in [0.25, 0.3) is 0 Å². The molecular formula is C13H19NO. The molecule has 15 heavy (non-hydrogen) atoms. The third kappa shape index (κ3) is 3.39. The van der Waals surface area contributed by atoms with Crippen molar-refractivity contribution in [3.8, 4) is 0 Å². The number of benzene rings is 1. The molecule has 0 bridgehead atoms. The first kappa shape index (κ1) is 11.8. The molecule has 82 valence electrons. The zero-order valence-corrected chi connectivity index (χ0v) is 9.71. The topological polar surface area (TPSA) is 29.1 Å². The molecule has 0 atom stereocenters. The van der Waals surface area contributed by atoms with Gasteiger partial charge in [-0.3, -0.25) is 4.79 Å². The molecule has 1 rings (SSSR count). The summed E-state index contributed by atoms with van der Waals surface area (Å²) in [6.07, 6.45) is 2.20. The van der Waals surface area contributed by atoms with E-state index < -0.39 is 0 Å². The second-order valence-corrected chi connectivity index (χ2v) is 3.79. The highest BCUT2D eigenvalue weighted by atomic mass is 16.1. The largest absolute Gasteiger partial charge is 0.382 e. The minimum absolute atomic E-state index is 0.114. The van der Waals surface area contributed by atoms with Crippen LogP contribution < -0.4 is 5.32 Å². The number of hydrogen-bond acceptors (Lipinski definition) is 2. The fourth-order valence-electron chi connectivity index (χ4n) is 1.56. The third-order valence-electron chi connectivity index (χ3n) is 2.63. The average Bonchev–Trinajstić information content (AvgIpc) is 2.26. The van der Waals surface area contributed by atoms with Crippen LogP contribution in [0.4, 0.5) is 5.69 Å². The van der Waals surface area contributed by atoms with Crippen LogP contribution in [0.2, 0.25) is 0 Å². The van der Waals surface area contributed by atoms with Crippen molar-refractivity contribution in [1.29, 1.82) is 0 Å². The Labute approximate surface area is 91.7 Å². The molecule has 0 fully saturated rings. The average molecular weight is 205 g/mol. The summed E-state index contributed by atoms with van der Waals surface area (Å²) >= 11 is 0. The van der Waals surface area contributed by atoms with Crippen molar-refractivity contribution in [2.24, 2.45) is 0 Å². The maximum atomic E-state index is 11.2. The molecule has 1 aromatic rings. The van der Waals surface area contributed by atoms with Crippen LogP contribution in [0.15, 0.2) is 24.3 Å². The lowest BCUT2D eigenvalue weighted by Gasteiger charge is -2.16.